The van der Waals surface area contributed by atoms with Crippen molar-refractivity contribution in [3.8, 4) is 11.1 Å². The van der Waals surface area contributed by atoms with Gasteiger partial charge < -0.3 is 0 Å². The van der Waals surface area contributed by atoms with Gasteiger partial charge in [0.25, 0.3) is 5.91 Å². The summed E-state index contributed by atoms with van der Waals surface area (Å²) in [4.78, 5) is 35.0. The summed E-state index contributed by atoms with van der Waals surface area (Å²) in [6.45, 7) is 0. The average molecular weight is 515 g/mol. The number of carbonyl (C=O) groups excluding carboxylic acids is 2. The second-order valence-electron chi connectivity index (χ2n) is 8.75. The molecule has 2 saturated heterocycles. The first-order chi connectivity index (χ1) is 17.5. The zero-order valence-electron chi connectivity index (χ0n) is 18.9. The number of hydroxylamine groups is 1. The Labute approximate surface area is 218 Å². The predicted molar refractivity (Wildman–Crippen MR) is 141 cm³/mol. The van der Waals surface area contributed by atoms with E-state index >= 15 is 0 Å². The quantitative estimate of drug-likeness (QED) is 0.284. The summed E-state index contributed by atoms with van der Waals surface area (Å²) in [7, 11) is 0. The van der Waals surface area contributed by atoms with E-state index in [9.17, 15) is 9.59 Å². The third-order valence-electron chi connectivity index (χ3n) is 6.62. The lowest BCUT2D eigenvalue weighted by Gasteiger charge is -2.29. The van der Waals surface area contributed by atoms with Gasteiger partial charge >= 0.3 is 0 Å². The predicted octanol–water partition coefficient (Wildman–Crippen LogP) is 6.71. The molecule has 6 rings (SSSR count). The van der Waals surface area contributed by atoms with Gasteiger partial charge in [-0.25, -0.2) is 9.96 Å². The Morgan fingerprint density at radius 2 is 1.33 bits per heavy atom. The summed E-state index contributed by atoms with van der Waals surface area (Å²) >= 11 is 12.8. The van der Waals surface area contributed by atoms with Crippen molar-refractivity contribution < 1.29 is 14.4 Å². The summed E-state index contributed by atoms with van der Waals surface area (Å²) in [5.74, 6) is -1.51. The Morgan fingerprint density at radius 3 is 2.06 bits per heavy atom. The van der Waals surface area contributed by atoms with Gasteiger partial charge in [-0.05, 0) is 53.1 Å². The molecule has 0 N–H and O–H groups in total. The molecule has 2 amide bonds. The van der Waals surface area contributed by atoms with Crippen LogP contribution < -0.4 is 9.96 Å². The monoisotopic (exact) mass is 514 g/mol. The van der Waals surface area contributed by atoms with Crippen LogP contribution >= 0.6 is 23.2 Å². The van der Waals surface area contributed by atoms with E-state index in [2.05, 4.69) is 0 Å². The van der Waals surface area contributed by atoms with Crippen molar-refractivity contribution in [1.82, 2.24) is 0 Å². The van der Waals surface area contributed by atoms with Crippen molar-refractivity contribution >= 4 is 46.4 Å². The van der Waals surface area contributed by atoms with Crippen LogP contribution in [0.15, 0.2) is 103 Å². The number of imide groups is 1. The zero-order valence-corrected chi connectivity index (χ0v) is 20.4. The van der Waals surface area contributed by atoms with Crippen molar-refractivity contribution in [3.05, 3.63) is 119 Å². The van der Waals surface area contributed by atoms with Gasteiger partial charge in [-0.2, -0.15) is 0 Å². The lowest BCUT2D eigenvalue weighted by Crippen LogP contribution is -2.37. The summed E-state index contributed by atoms with van der Waals surface area (Å²) in [6, 6.07) is 31.1. The summed E-state index contributed by atoms with van der Waals surface area (Å²) < 4.78 is 0. The molecule has 0 aromatic heterocycles. The number of halogens is 2. The first-order valence-corrected chi connectivity index (χ1v) is 12.3. The van der Waals surface area contributed by atoms with Crippen LogP contribution in [0.5, 0.6) is 0 Å². The van der Waals surface area contributed by atoms with Gasteiger partial charge in [-0.1, -0.05) is 89.9 Å². The summed E-state index contributed by atoms with van der Waals surface area (Å²) in [5.41, 5.74) is 3.81. The summed E-state index contributed by atoms with van der Waals surface area (Å²) in [6.07, 6.45) is -0.977. The summed E-state index contributed by atoms with van der Waals surface area (Å²) in [5, 5.41) is 2.51. The lowest BCUT2D eigenvalue weighted by atomic mass is 9.90. The molecular formula is C29H20Cl2N2O3. The molecule has 7 heteroatoms. The van der Waals surface area contributed by atoms with Crippen LogP contribution in [0.4, 0.5) is 11.4 Å². The lowest BCUT2D eigenvalue weighted by molar-refractivity contribution is -0.126. The number of hydrogen-bond donors (Lipinski definition) is 0. The van der Waals surface area contributed by atoms with Crippen LogP contribution in [0.3, 0.4) is 0 Å². The fraction of sp³-hybridized carbons (Fsp3) is 0.103. The van der Waals surface area contributed by atoms with Gasteiger partial charge in [0.15, 0.2) is 6.10 Å². The minimum atomic E-state index is -0.977. The van der Waals surface area contributed by atoms with E-state index in [1.807, 2.05) is 78.9 Å². The molecule has 0 radical (unpaired) electrons. The van der Waals surface area contributed by atoms with E-state index in [1.165, 1.54) is 4.90 Å². The Bertz CT molecular complexity index is 1460. The SMILES string of the molecule is O=C1[C@H]2[C@@H](ON(c3ccccc3)[C@H]2c2ccc(Cl)cc2Cl)C(=O)N1c1cccc(-c2ccccc2)c1. The molecular weight excluding hydrogens is 495 g/mol. The highest BCUT2D eigenvalue weighted by Crippen LogP contribution is 2.49. The standard InChI is InChI=1S/C29H20Cl2N2O3/c30-20-14-15-23(24(31)17-20)26-25-27(36-33(26)21-11-5-2-6-12-21)29(35)32(28(25)34)22-13-7-10-19(16-22)18-8-3-1-4-9-18/h1-17,25-27H/t25-,26+,27-/m1/s1. The minimum absolute atomic E-state index is 0.329. The van der Waals surface area contributed by atoms with Crippen molar-refractivity contribution in [2.75, 3.05) is 9.96 Å². The number of rotatable bonds is 4. The van der Waals surface area contributed by atoms with E-state index < -0.39 is 24.0 Å². The molecule has 2 fully saturated rings. The molecule has 4 aromatic rings. The van der Waals surface area contributed by atoms with Crippen molar-refractivity contribution in [2.24, 2.45) is 5.92 Å². The van der Waals surface area contributed by atoms with E-state index in [4.69, 9.17) is 28.0 Å². The molecule has 178 valence electrons. The third kappa shape index (κ3) is 3.77. The maximum Gasteiger partial charge on any atom is 0.266 e. The molecule has 0 unspecified atom stereocenters. The molecule has 36 heavy (non-hydrogen) atoms. The van der Waals surface area contributed by atoms with E-state index in [1.54, 1.807) is 29.3 Å². The molecule has 0 aliphatic carbocycles. The Morgan fingerprint density at radius 1 is 0.667 bits per heavy atom. The van der Waals surface area contributed by atoms with E-state index in [0.29, 0.717) is 21.3 Å². The number of nitrogens with zero attached hydrogens (tertiary/aromatic N) is 2. The van der Waals surface area contributed by atoms with Crippen LogP contribution in [-0.2, 0) is 14.4 Å². The van der Waals surface area contributed by atoms with Gasteiger partial charge in [0, 0.05) is 10.0 Å². The normalized spacial score (nSPS) is 21.2. The van der Waals surface area contributed by atoms with Crippen molar-refractivity contribution in [3.63, 3.8) is 0 Å². The first kappa shape index (κ1) is 22.8. The van der Waals surface area contributed by atoms with Gasteiger partial charge in [0.05, 0.1) is 17.4 Å². The zero-order chi connectivity index (χ0) is 24.8. The van der Waals surface area contributed by atoms with Crippen LogP contribution in [-0.4, -0.2) is 17.9 Å². The van der Waals surface area contributed by atoms with Crippen molar-refractivity contribution in [1.29, 1.82) is 0 Å². The number of benzene rings is 4. The van der Waals surface area contributed by atoms with E-state index in [0.717, 1.165) is 16.8 Å². The smallest absolute Gasteiger partial charge is 0.266 e. The van der Waals surface area contributed by atoms with Crippen LogP contribution in [0, 0.1) is 5.92 Å². The Hall–Kier alpha value is -3.64. The molecule has 3 atom stereocenters. The maximum absolute atomic E-state index is 13.9. The second-order valence-corrected chi connectivity index (χ2v) is 9.60. The molecule has 2 aliphatic rings. The number of amides is 2. The minimum Gasteiger partial charge on any atom is -0.273 e. The number of anilines is 2. The number of hydrogen-bond acceptors (Lipinski definition) is 4. The van der Waals surface area contributed by atoms with Crippen molar-refractivity contribution in [2.45, 2.75) is 12.1 Å². The number of para-hydroxylation sites is 1. The van der Waals surface area contributed by atoms with Gasteiger partial charge in [-0.15, -0.1) is 0 Å². The maximum atomic E-state index is 13.9. The topological polar surface area (TPSA) is 49.9 Å². The number of carbonyl (C=O) groups is 2. The molecule has 0 spiro atoms. The molecule has 2 aliphatic heterocycles. The molecule has 2 heterocycles. The van der Waals surface area contributed by atoms with Crippen LogP contribution in [0.2, 0.25) is 10.0 Å². The highest BCUT2D eigenvalue weighted by Gasteiger charge is 2.60. The molecule has 0 bridgehead atoms. The van der Waals surface area contributed by atoms with Crippen LogP contribution in [0.25, 0.3) is 11.1 Å². The molecule has 0 saturated carbocycles. The fourth-order valence-electron chi connectivity index (χ4n) is 4.98. The Balaban J connectivity index is 1.42. The van der Waals surface area contributed by atoms with Gasteiger partial charge in [-0.3, -0.25) is 14.4 Å². The highest BCUT2D eigenvalue weighted by atomic mass is 35.5. The second kappa shape index (κ2) is 9.10. The highest BCUT2D eigenvalue weighted by molar-refractivity contribution is 6.35. The third-order valence-corrected chi connectivity index (χ3v) is 7.18. The average Bonchev–Trinajstić information content (AvgIpc) is 3.41. The fourth-order valence-corrected chi connectivity index (χ4v) is 5.50. The first-order valence-electron chi connectivity index (χ1n) is 11.5. The molecule has 4 aromatic carbocycles. The largest absolute Gasteiger partial charge is 0.273 e. The Kier molecular flexibility index (Phi) is 5.76. The van der Waals surface area contributed by atoms with Gasteiger partial charge in [0.2, 0.25) is 5.91 Å². The van der Waals surface area contributed by atoms with Crippen LogP contribution in [0.1, 0.15) is 11.6 Å². The molecule has 5 nitrogen and oxygen atoms in total. The number of fused-ring (bicyclic) bond motifs is 1. The van der Waals surface area contributed by atoms with Gasteiger partial charge in [0.1, 0.15) is 5.92 Å². The van der Waals surface area contributed by atoms with E-state index in [-0.39, 0.29) is 5.91 Å².